The molecule has 0 bridgehead atoms. The van der Waals surface area contributed by atoms with Crippen LogP contribution in [0, 0.1) is 0 Å². The van der Waals surface area contributed by atoms with Crippen molar-refractivity contribution in [2.24, 2.45) is 5.14 Å². The van der Waals surface area contributed by atoms with Gasteiger partial charge >= 0.3 is 0 Å². The van der Waals surface area contributed by atoms with Gasteiger partial charge in [0.15, 0.2) is 0 Å². The Morgan fingerprint density at radius 1 is 1.07 bits per heavy atom. The van der Waals surface area contributed by atoms with Crippen LogP contribution in [0.25, 0.3) is 0 Å². The molecule has 162 valence electrons. The first-order chi connectivity index (χ1) is 14.1. The second-order valence-electron chi connectivity index (χ2n) is 7.16. The van der Waals surface area contributed by atoms with Crippen LogP contribution in [0.5, 0.6) is 0 Å². The Bertz CT molecular complexity index is 1130. The molecule has 1 amide bonds. The predicted molar refractivity (Wildman–Crippen MR) is 113 cm³/mol. The van der Waals surface area contributed by atoms with Gasteiger partial charge in [-0.2, -0.15) is 4.31 Å². The van der Waals surface area contributed by atoms with Crippen molar-refractivity contribution in [1.82, 2.24) is 9.62 Å². The predicted octanol–water partition coefficient (Wildman–Crippen LogP) is 0.769. The van der Waals surface area contributed by atoms with Crippen molar-refractivity contribution in [1.29, 1.82) is 0 Å². The second-order valence-corrected chi connectivity index (χ2v) is 10.9. The highest BCUT2D eigenvalue weighted by molar-refractivity contribution is 7.89. The summed E-state index contributed by atoms with van der Waals surface area (Å²) in [6.07, 6.45) is 0.796. The number of amides is 1. The Balaban J connectivity index is 1.68. The maximum atomic E-state index is 12.8. The maximum absolute atomic E-state index is 12.8. The highest BCUT2D eigenvalue weighted by atomic mass is 32.2. The largest absolute Gasteiger partial charge is 0.354 e. The molecule has 3 rings (SSSR count). The van der Waals surface area contributed by atoms with E-state index in [2.05, 4.69) is 5.32 Å². The van der Waals surface area contributed by atoms with Crippen molar-refractivity contribution >= 4 is 26.0 Å². The van der Waals surface area contributed by atoms with E-state index in [0.29, 0.717) is 19.4 Å². The molecule has 1 unspecified atom stereocenters. The molecule has 0 spiro atoms. The second kappa shape index (κ2) is 8.84. The van der Waals surface area contributed by atoms with Crippen molar-refractivity contribution in [2.45, 2.75) is 37.2 Å². The fourth-order valence-corrected chi connectivity index (χ4v) is 5.22. The number of benzene rings is 2. The summed E-state index contributed by atoms with van der Waals surface area (Å²) in [5, 5.41) is 7.90. The Labute approximate surface area is 177 Å². The molecule has 0 aromatic heterocycles. The first-order valence-electron chi connectivity index (χ1n) is 9.57. The summed E-state index contributed by atoms with van der Waals surface area (Å²) < 4.78 is 49.1. The molecule has 0 radical (unpaired) electrons. The number of hydrogen-bond acceptors (Lipinski definition) is 5. The molecule has 1 heterocycles. The normalized spacial score (nSPS) is 17.3. The van der Waals surface area contributed by atoms with Crippen LogP contribution < -0.4 is 10.5 Å². The van der Waals surface area contributed by atoms with E-state index in [-0.39, 0.29) is 23.1 Å². The third kappa shape index (κ3) is 5.07. The minimum Gasteiger partial charge on any atom is -0.354 e. The fourth-order valence-electron chi connectivity index (χ4n) is 3.47. The van der Waals surface area contributed by atoms with Gasteiger partial charge in [0.05, 0.1) is 10.6 Å². The number of carbonyl (C=O) groups is 1. The molecule has 3 N–H and O–H groups in total. The van der Waals surface area contributed by atoms with Crippen molar-refractivity contribution in [3.63, 3.8) is 0 Å². The molecular weight excluding hydrogens is 426 g/mol. The standard InChI is InChI=1S/C20H25N3O5S2/c1-2-29(25,26)23-14-17-6-4-3-5-16(17)13-19(23)20(24)22-12-11-15-7-9-18(10-8-15)30(21,27)28/h3-10,19H,2,11-14H2,1H3,(H,22,24)(H2,21,27,28). The molecule has 0 aliphatic carbocycles. The highest BCUT2D eigenvalue weighted by Gasteiger charge is 2.37. The van der Waals surface area contributed by atoms with Crippen LogP contribution in [0.15, 0.2) is 53.4 Å². The van der Waals surface area contributed by atoms with Crippen LogP contribution in [-0.4, -0.2) is 45.4 Å². The number of hydrogen-bond donors (Lipinski definition) is 2. The van der Waals surface area contributed by atoms with Crippen LogP contribution in [0.3, 0.4) is 0 Å². The van der Waals surface area contributed by atoms with Crippen molar-refractivity contribution < 1.29 is 21.6 Å². The number of primary sulfonamides is 1. The number of rotatable bonds is 7. The van der Waals surface area contributed by atoms with Gasteiger partial charge in [-0.05, 0) is 48.6 Å². The SMILES string of the molecule is CCS(=O)(=O)N1Cc2ccccc2CC1C(=O)NCCc1ccc(S(N)(=O)=O)cc1. The van der Waals surface area contributed by atoms with E-state index in [9.17, 15) is 21.6 Å². The number of nitrogens with one attached hydrogen (secondary N) is 1. The Morgan fingerprint density at radius 3 is 2.30 bits per heavy atom. The van der Waals surface area contributed by atoms with E-state index < -0.39 is 26.1 Å². The molecule has 1 aliphatic heterocycles. The number of sulfonamides is 2. The lowest BCUT2D eigenvalue weighted by Gasteiger charge is -2.34. The zero-order valence-electron chi connectivity index (χ0n) is 16.6. The first kappa shape index (κ1) is 22.4. The molecule has 2 aromatic carbocycles. The number of nitrogens with two attached hydrogens (primary N) is 1. The van der Waals surface area contributed by atoms with Gasteiger partial charge in [0.25, 0.3) is 0 Å². The van der Waals surface area contributed by atoms with Crippen molar-refractivity contribution in [3.05, 3.63) is 65.2 Å². The monoisotopic (exact) mass is 451 g/mol. The summed E-state index contributed by atoms with van der Waals surface area (Å²) in [6, 6.07) is 12.8. The van der Waals surface area contributed by atoms with Gasteiger partial charge in [-0.3, -0.25) is 4.79 Å². The van der Waals surface area contributed by atoms with Crippen molar-refractivity contribution in [3.8, 4) is 0 Å². The third-order valence-electron chi connectivity index (χ3n) is 5.19. The quantitative estimate of drug-likeness (QED) is 0.643. The molecular formula is C20H25N3O5S2. The van der Waals surface area contributed by atoms with Crippen LogP contribution in [0.1, 0.15) is 23.6 Å². The van der Waals surface area contributed by atoms with Gasteiger partial charge in [0.2, 0.25) is 26.0 Å². The Hall–Kier alpha value is -2.27. The summed E-state index contributed by atoms with van der Waals surface area (Å²) in [4.78, 5) is 12.9. The lowest BCUT2D eigenvalue weighted by atomic mass is 9.95. The molecule has 2 aromatic rings. The van der Waals surface area contributed by atoms with E-state index in [1.54, 1.807) is 19.1 Å². The molecule has 0 fully saturated rings. The summed E-state index contributed by atoms with van der Waals surface area (Å²) in [5.74, 6) is -0.419. The third-order valence-corrected chi connectivity index (χ3v) is 7.95. The van der Waals surface area contributed by atoms with Crippen LogP contribution in [-0.2, 0) is 44.2 Å². The average molecular weight is 452 g/mol. The molecule has 30 heavy (non-hydrogen) atoms. The fraction of sp³-hybridized carbons (Fsp3) is 0.350. The van der Waals surface area contributed by atoms with Crippen LogP contribution >= 0.6 is 0 Å². The average Bonchev–Trinajstić information content (AvgIpc) is 2.72. The van der Waals surface area contributed by atoms with E-state index in [4.69, 9.17) is 5.14 Å². The smallest absolute Gasteiger partial charge is 0.238 e. The number of carbonyl (C=O) groups excluding carboxylic acids is 1. The van der Waals surface area contributed by atoms with E-state index in [1.807, 2.05) is 24.3 Å². The van der Waals surface area contributed by atoms with Gasteiger partial charge in [0, 0.05) is 13.1 Å². The molecule has 10 heteroatoms. The zero-order valence-corrected chi connectivity index (χ0v) is 18.2. The first-order valence-corrected chi connectivity index (χ1v) is 12.7. The lowest BCUT2D eigenvalue weighted by molar-refractivity contribution is -0.125. The number of fused-ring (bicyclic) bond motifs is 1. The molecule has 0 saturated heterocycles. The van der Waals surface area contributed by atoms with E-state index in [0.717, 1.165) is 16.7 Å². The number of nitrogens with zero attached hydrogens (tertiary/aromatic N) is 1. The topological polar surface area (TPSA) is 127 Å². The molecule has 1 atom stereocenters. The van der Waals surface area contributed by atoms with Crippen LogP contribution in [0.2, 0.25) is 0 Å². The van der Waals surface area contributed by atoms with Crippen molar-refractivity contribution in [2.75, 3.05) is 12.3 Å². The van der Waals surface area contributed by atoms with Gasteiger partial charge in [-0.1, -0.05) is 36.4 Å². The van der Waals surface area contributed by atoms with Gasteiger partial charge in [-0.25, -0.2) is 22.0 Å². The summed E-state index contributed by atoms with van der Waals surface area (Å²) in [6.45, 7) is 2.04. The van der Waals surface area contributed by atoms with Gasteiger partial charge in [0.1, 0.15) is 6.04 Å². The molecule has 0 saturated carbocycles. The van der Waals surface area contributed by atoms with Gasteiger partial charge < -0.3 is 5.32 Å². The Morgan fingerprint density at radius 2 is 1.70 bits per heavy atom. The summed E-state index contributed by atoms with van der Waals surface area (Å²) in [7, 11) is -7.30. The zero-order chi connectivity index (χ0) is 21.9. The maximum Gasteiger partial charge on any atom is 0.238 e. The minimum atomic E-state index is -3.75. The van der Waals surface area contributed by atoms with E-state index >= 15 is 0 Å². The van der Waals surface area contributed by atoms with Crippen LogP contribution in [0.4, 0.5) is 0 Å². The molecule has 8 nitrogen and oxygen atoms in total. The Kier molecular flexibility index (Phi) is 6.61. The van der Waals surface area contributed by atoms with E-state index in [1.165, 1.54) is 16.4 Å². The summed E-state index contributed by atoms with van der Waals surface area (Å²) >= 11 is 0. The lowest BCUT2D eigenvalue weighted by Crippen LogP contribution is -2.53. The van der Waals surface area contributed by atoms with Gasteiger partial charge in [-0.15, -0.1) is 0 Å². The summed E-state index contributed by atoms with van der Waals surface area (Å²) in [5.41, 5.74) is 2.71. The minimum absolute atomic E-state index is 0.0246. The highest BCUT2D eigenvalue weighted by Crippen LogP contribution is 2.26. The molecule has 1 aliphatic rings.